The number of ketones is 1. The molecule has 1 aliphatic heterocycles. The van der Waals surface area contributed by atoms with Crippen LogP contribution in [0.1, 0.15) is 56.1 Å². The highest BCUT2D eigenvalue weighted by atomic mass is 32.2. The fourth-order valence-electron chi connectivity index (χ4n) is 3.33. The second-order valence-electron chi connectivity index (χ2n) is 8.74. The van der Waals surface area contributed by atoms with Crippen LogP contribution in [0.5, 0.6) is 5.75 Å². The van der Waals surface area contributed by atoms with E-state index in [4.69, 9.17) is 14.0 Å². The predicted octanol–water partition coefficient (Wildman–Crippen LogP) is 3.16. The second kappa shape index (κ2) is 8.41. The summed E-state index contributed by atoms with van der Waals surface area (Å²) in [7, 11) is -2.45. The van der Waals surface area contributed by atoms with Crippen molar-refractivity contribution in [1.82, 2.24) is 0 Å². The fourth-order valence-corrected chi connectivity index (χ4v) is 4.22. The van der Waals surface area contributed by atoms with Gasteiger partial charge in [0.25, 0.3) is 0 Å². The highest BCUT2D eigenvalue weighted by Gasteiger charge is 2.52. The quantitative estimate of drug-likeness (QED) is 0.482. The molecule has 1 aliphatic rings. The molecule has 3 rings (SSSR count). The van der Waals surface area contributed by atoms with Gasteiger partial charge in [-0.2, -0.15) is 0 Å². The molecule has 2 aromatic rings. The molecule has 0 spiro atoms. The van der Waals surface area contributed by atoms with Gasteiger partial charge in [-0.15, -0.1) is 0 Å². The van der Waals surface area contributed by atoms with Gasteiger partial charge in [0.2, 0.25) is 0 Å². The van der Waals surface area contributed by atoms with Crippen LogP contribution < -0.4 is 10.2 Å². The molecule has 0 radical (unpaired) electrons. The molecule has 0 saturated carbocycles. The Morgan fingerprint density at radius 2 is 1.58 bits per heavy atom. The summed E-state index contributed by atoms with van der Waals surface area (Å²) in [5.41, 5.74) is 0.850. The normalized spacial score (nSPS) is 17.5. The lowest BCUT2D eigenvalue weighted by molar-refractivity contribution is 0.00578. The average molecular weight is 444 g/mol. The van der Waals surface area contributed by atoms with Gasteiger partial charge in [0.15, 0.2) is 15.6 Å². The summed E-state index contributed by atoms with van der Waals surface area (Å²) in [5, 5.41) is 0. The maximum Gasteiger partial charge on any atom is 0.495 e. The average Bonchev–Trinajstić information content (AvgIpc) is 2.94. The number of ether oxygens (including phenoxy) is 1. The van der Waals surface area contributed by atoms with E-state index in [2.05, 4.69) is 0 Å². The molecule has 166 valence electrons. The fraction of sp³-hybridized carbons (Fsp3) is 0.435. The van der Waals surface area contributed by atoms with Crippen molar-refractivity contribution >= 4 is 28.2 Å². The van der Waals surface area contributed by atoms with E-state index in [1.165, 1.54) is 0 Å². The zero-order valence-corrected chi connectivity index (χ0v) is 19.7. The first kappa shape index (κ1) is 23.5. The number of hydrogen-bond donors (Lipinski definition) is 0. The van der Waals surface area contributed by atoms with Gasteiger partial charge in [-0.3, -0.25) is 4.79 Å². The Morgan fingerprint density at radius 3 is 2.10 bits per heavy atom. The van der Waals surface area contributed by atoms with Gasteiger partial charge >= 0.3 is 7.12 Å². The number of sulfone groups is 1. The number of hydrogen-bond acceptors (Lipinski definition) is 6. The molecule has 0 N–H and O–H groups in total. The Morgan fingerprint density at radius 1 is 1.00 bits per heavy atom. The van der Waals surface area contributed by atoms with Gasteiger partial charge < -0.3 is 14.0 Å². The van der Waals surface area contributed by atoms with Gasteiger partial charge in [-0.25, -0.2) is 8.42 Å². The summed E-state index contributed by atoms with van der Waals surface area (Å²) in [5.74, 6) is 0.401. The zero-order valence-electron chi connectivity index (χ0n) is 18.9. The van der Waals surface area contributed by atoms with Gasteiger partial charge in [0.05, 0.1) is 24.1 Å². The maximum absolute atomic E-state index is 13.3. The Kier molecular flexibility index (Phi) is 6.38. The van der Waals surface area contributed by atoms with Crippen molar-refractivity contribution in [2.24, 2.45) is 0 Å². The minimum atomic E-state index is -3.23. The van der Waals surface area contributed by atoms with E-state index in [0.29, 0.717) is 27.9 Å². The minimum Gasteiger partial charge on any atom is -0.497 e. The Hall–Kier alpha value is -2.16. The van der Waals surface area contributed by atoms with Crippen molar-refractivity contribution in [2.45, 2.75) is 51.6 Å². The van der Waals surface area contributed by atoms with Crippen LogP contribution >= 0.6 is 0 Å². The summed E-state index contributed by atoms with van der Waals surface area (Å²) < 4.78 is 41.9. The van der Waals surface area contributed by atoms with E-state index < -0.39 is 28.2 Å². The van der Waals surface area contributed by atoms with E-state index in [1.54, 1.807) is 56.5 Å². The lowest BCUT2D eigenvalue weighted by Crippen LogP contribution is -2.41. The molecule has 0 amide bonds. The van der Waals surface area contributed by atoms with Crippen LogP contribution in [0.2, 0.25) is 0 Å². The number of carbonyl (C=O) groups excluding carboxylic acids is 1. The Bertz CT molecular complexity index is 1060. The monoisotopic (exact) mass is 444 g/mol. The molecule has 0 atom stereocenters. The first-order valence-corrected chi connectivity index (χ1v) is 12.1. The van der Waals surface area contributed by atoms with E-state index in [1.807, 2.05) is 27.7 Å². The molecule has 6 nitrogen and oxygen atoms in total. The topological polar surface area (TPSA) is 78.9 Å². The van der Waals surface area contributed by atoms with Crippen LogP contribution in [0.25, 0.3) is 0 Å². The van der Waals surface area contributed by atoms with Crippen LogP contribution in [0, 0.1) is 0 Å². The minimum absolute atomic E-state index is 0.0470. The molecule has 1 fully saturated rings. The predicted molar refractivity (Wildman–Crippen MR) is 122 cm³/mol. The van der Waals surface area contributed by atoms with E-state index in [9.17, 15) is 13.2 Å². The molecule has 0 aromatic heterocycles. The number of methoxy groups -OCH3 is 1. The van der Waals surface area contributed by atoms with Gasteiger partial charge in [0, 0.05) is 16.9 Å². The van der Waals surface area contributed by atoms with Gasteiger partial charge in [-0.1, -0.05) is 25.1 Å². The van der Waals surface area contributed by atoms with Crippen molar-refractivity contribution in [2.75, 3.05) is 12.9 Å². The molecule has 1 heterocycles. The highest BCUT2D eigenvalue weighted by molar-refractivity contribution is 7.90. The molecule has 31 heavy (non-hydrogen) atoms. The SMILES string of the molecule is CCS(=O)(=O)Cc1ccc(C(=O)c2ccc(OC)cc2)c(B2OC(C)(C)C(C)(C)O2)c1. The summed E-state index contributed by atoms with van der Waals surface area (Å²) >= 11 is 0. The van der Waals surface area contributed by atoms with Crippen LogP contribution in [0.3, 0.4) is 0 Å². The third-order valence-electron chi connectivity index (χ3n) is 6.05. The molecule has 2 aromatic carbocycles. The van der Waals surface area contributed by atoms with Crippen molar-refractivity contribution < 1.29 is 27.3 Å². The number of benzene rings is 2. The third kappa shape index (κ3) is 4.86. The van der Waals surface area contributed by atoms with E-state index >= 15 is 0 Å². The van der Waals surface area contributed by atoms with Gasteiger partial charge in [-0.05, 0) is 63.0 Å². The number of carbonyl (C=O) groups is 1. The molecule has 1 saturated heterocycles. The zero-order chi connectivity index (χ0) is 23.0. The summed E-state index contributed by atoms with van der Waals surface area (Å²) in [6, 6.07) is 11.9. The summed E-state index contributed by atoms with van der Waals surface area (Å²) in [6.07, 6.45) is 0. The van der Waals surface area contributed by atoms with Crippen LogP contribution in [0.4, 0.5) is 0 Å². The molecular formula is C23H29BO6S. The van der Waals surface area contributed by atoms with Crippen molar-refractivity contribution in [3.8, 4) is 5.75 Å². The largest absolute Gasteiger partial charge is 0.497 e. The first-order chi connectivity index (χ1) is 14.4. The first-order valence-electron chi connectivity index (χ1n) is 10.3. The van der Waals surface area contributed by atoms with Crippen molar-refractivity contribution in [3.63, 3.8) is 0 Å². The molecule has 0 bridgehead atoms. The summed E-state index contributed by atoms with van der Waals surface area (Å²) in [4.78, 5) is 13.3. The van der Waals surface area contributed by atoms with Crippen molar-refractivity contribution in [1.29, 1.82) is 0 Å². The number of rotatable bonds is 7. The lowest BCUT2D eigenvalue weighted by Gasteiger charge is -2.32. The van der Waals surface area contributed by atoms with E-state index in [-0.39, 0.29) is 17.3 Å². The van der Waals surface area contributed by atoms with Crippen molar-refractivity contribution in [3.05, 3.63) is 59.2 Å². The van der Waals surface area contributed by atoms with Crippen LogP contribution in [-0.4, -0.2) is 45.4 Å². The summed E-state index contributed by atoms with van der Waals surface area (Å²) in [6.45, 7) is 9.35. The Labute approximate surface area is 185 Å². The standard InChI is InChI=1S/C23H29BO6S/c1-7-31(26,27)15-16-8-13-19(21(25)17-9-11-18(28-6)12-10-17)20(14-16)24-29-22(2,3)23(4,5)30-24/h8-14H,7,15H2,1-6H3. The lowest BCUT2D eigenvalue weighted by atomic mass is 9.73. The van der Waals surface area contributed by atoms with Gasteiger partial charge in [0.1, 0.15) is 5.75 Å². The van der Waals surface area contributed by atoms with Crippen LogP contribution in [-0.2, 0) is 24.9 Å². The smallest absolute Gasteiger partial charge is 0.495 e. The highest BCUT2D eigenvalue weighted by Crippen LogP contribution is 2.37. The molecule has 0 unspecified atom stereocenters. The Balaban J connectivity index is 2.06. The molecular weight excluding hydrogens is 415 g/mol. The molecule has 0 aliphatic carbocycles. The van der Waals surface area contributed by atoms with E-state index in [0.717, 1.165) is 0 Å². The van der Waals surface area contributed by atoms with Crippen LogP contribution in [0.15, 0.2) is 42.5 Å². The molecule has 8 heteroatoms. The third-order valence-corrected chi connectivity index (χ3v) is 7.70. The maximum atomic E-state index is 13.3. The second-order valence-corrected chi connectivity index (χ2v) is 11.1.